The number of ether oxygens (including phenoxy) is 1. The van der Waals surface area contributed by atoms with E-state index in [1.807, 2.05) is 30.3 Å². The molecule has 1 aliphatic heterocycles. The van der Waals surface area contributed by atoms with Crippen LogP contribution in [0.1, 0.15) is 5.56 Å². The Kier molecular flexibility index (Phi) is 2.55. The summed E-state index contributed by atoms with van der Waals surface area (Å²) in [4.78, 5) is 11.5. The van der Waals surface area contributed by atoms with Crippen molar-refractivity contribution < 1.29 is 13.9 Å². The summed E-state index contributed by atoms with van der Waals surface area (Å²) in [6.45, 7) is 0. The second-order valence-electron chi connectivity index (χ2n) is 4.27. The number of rotatable bonds is 2. The first kappa shape index (κ1) is 10.9. The molecular weight excluding hydrogens is 230 g/mol. The maximum Gasteiger partial charge on any atom is 0.328 e. The summed E-state index contributed by atoms with van der Waals surface area (Å²) >= 11 is 0. The SMILES string of the molecule is COC(=O)C1Cc2ccc(-c3ccco3)cc2N1. The lowest BCUT2D eigenvalue weighted by Gasteiger charge is -2.07. The summed E-state index contributed by atoms with van der Waals surface area (Å²) in [5.74, 6) is 0.590. The van der Waals surface area contributed by atoms with Crippen LogP contribution in [0.3, 0.4) is 0 Å². The van der Waals surface area contributed by atoms with Crippen molar-refractivity contribution in [2.75, 3.05) is 12.4 Å². The highest BCUT2D eigenvalue weighted by molar-refractivity contribution is 5.83. The fraction of sp³-hybridized carbons (Fsp3) is 0.214. The number of furan rings is 1. The van der Waals surface area contributed by atoms with Crippen molar-refractivity contribution >= 4 is 11.7 Å². The summed E-state index contributed by atoms with van der Waals surface area (Å²) in [7, 11) is 1.40. The Morgan fingerprint density at radius 2 is 2.33 bits per heavy atom. The molecule has 0 bridgehead atoms. The number of fused-ring (bicyclic) bond motifs is 1. The third-order valence-corrected chi connectivity index (χ3v) is 3.16. The lowest BCUT2D eigenvalue weighted by Crippen LogP contribution is -2.27. The molecule has 3 rings (SSSR count). The Hall–Kier alpha value is -2.23. The molecule has 1 N–H and O–H groups in total. The number of carbonyl (C=O) groups excluding carboxylic acids is 1. The lowest BCUT2D eigenvalue weighted by molar-refractivity contribution is -0.141. The number of hydrogen-bond donors (Lipinski definition) is 1. The van der Waals surface area contributed by atoms with E-state index in [-0.39, 0.29) is 12.0 Å². The molecular formula is C14H13NO3. The average molecular weight is 243 g/mol. The zero-order chi connectivity index (χ0) is 12.5. The molecule has 18 heavy (non-hydrogen) atoms. The third kappa shape index (κ3) is 1.76. The quantitative estimate of drug-likeness (QED) is 0.823. The normalized spacial score (nSPS) is 17.1. The molecule has 2 heterocycles. The van der Waals surface area contributed by atoms with Gasteiger partial charge in [0.15, 0.2) is 0 Å². The molecule has 4 heteroatoms. The molecule has 2 aromatic rings. The van der Waals surface area contributed by atoms with Crippen LogP contribution >= 0.6 is 0 Å². The molecule has 1 aliphatic rings. The predicted molar refractivity (Wildman–Crippen MR) is 67.3 cm³/mol. The summed E-state index contributed by atoms with van der Waals surface area (Å²) in [5.41, 5.74) is 3.09. The average Bonchev–Trinajstić information content (AvgIpc) is 3.05. The van der Waals surface area contributed by atoms with Gasteiger partial charge >= 0.3 is 5.97 Å². The first-order chi connectivity index (χ1) is 8.78. The van der Waals surface area contributed by atoms with Crippen LogP contribution < -0.4 is 5.32 Å². The van der Waals surface area contributed by atoms with Crippen LogP contribution in [-0.2, 0) is 16.0 Å². The highest BCUT2D eigenvalue weighted by Gasteiger charge is 2.27. The van der Waals surface area contributed by atoms with E-state index < -0.39 is 0 Å². The highest BCUT2D eigenvalue weighted by Crippen LogP contribution is 2.31. The zero-order valence-electron chi connectivity index (χ0n) is 9.97. The number of esters is 1. The van der Waals surface area contributed by atoms with E-state index in [1.54, 1.807) is 6.26 Å². The van der Waals surface area contributed by atoms with Crippen molar-refractivity contribution in [3.8, 4) is 11.3 Å². The molecule has 92 valence electrons. The summed E-state index contributed by atoms with van der Waals surface area (Å²) in [5, 5.41) is 3.17. The van der Waals surface area contributed by atoms with E-state index >= 15 is 0 Å². The van der Waals surface area contributed by atoms with Gasteiger partial charge in [0.25, 0.3) is 0 Å². The van der Waals surface area contributed by atoms with Gasteiger partial charge in [-0.3, -0.25) is 0 Å². The van der Waals surface area contributed by atoms with Gasteiger partial charge in [-0.1, -0.05) is 12.1 Å². The standard InChI is InChI=1S/C14H13NO3/c1-17-14(16)12-7-9-4-5-10(8-11(9)15-12)13-3-2-6-18-13/h2-6,8,12,15H,7H2,1H3. The molecule has 4 nitrogen and oxygen atoms in total. The Balaban J connectivity index is 1.89. The van der Waals surface area contributed by atoms with Gasteiger partial charge in [-0.05, 0) is 23.8 Å². The molecule has 1 unspecified atom stereocenters. The molecule has 0 fully saturated rings. The minimum Gasteiger partial charge on any atom is -0.467 e. The van der Waals surface area contributed by atoms with Crippen molar-refractivity contribution in [3.63, 3.8) is 0 Å². The van der Waals surface area contributed by atoms with Crippen LogP contribution in [-0.4, -0.2) is 19.1 Å². The van der Waals surface area contributed by atoms with E-state index in [0.29, 0.717) is 6.42 Å². The van der Waals surface area contributed by atoms with Crippen molar-refractivity contribution in [3.05, 3.63) is 42.2 Å². The monoisotopic (exact) mass is 243 g/mol. The van der Waals surface area contributed by atoms with E-state index in [1.165, 1.54) is 7.11 Å². The minimum absolute atomic E-state index is 0.231. The fourth-order valence-electron chi connectivity index (χ4n) is 2.23. The number of nitrogens with one attached hydrogen (secondary N) is 1. The minimum atomic E-state index is -0.281. The van der Waals surface area contributed by atoms with Crippen LogP contribution in [0, 0.1) is 0 Å². The van der Waals surface area contributed by atoms with Gasteiger partial charge in [-0.25, -0.2) is 4.79 Å². The number of carbonyl (C=O) groups is 1. The first-order valence-corrected chi connectivity index (χ1v) is 5.79. The summed E-state index contributed by atoms with van der Waals surface area (Å²) in [6, 6.07) is 9.50. The molecule has 1 aromatic heterocycles. The summed E-state index contributed by atoms with van der Waals surface area (Å²) in [6.07, 6.45) is 2.31. The zero-order valence-corrected chi connectivity index (χ0v) is 9.97. The second-order valence-corrected chi connectivity index (χ2v) is 4.27. The van der Waals surface area contributed by atoms with E-state index in [2.05, 4.69) is 5.32 Å². The molecule has 0 radical (unpaired) electrons. The van der Waals surface area contributed by atoms with Gasteiger partial charge < -0.3 is 14.5 Å². The van der Waals surface area contributed by atoms with Crippen LogP contribution in [0.4, 0.5) is 5.69 Å². The largest absolute Gasteiger partial charge is 0.467 e. The summed E-state index contributed by atoms with van der Waals surface area (Å²) < 4.78 is 10.1. The van der Waals surface area contributed by atoms with Gasteiger partial charge in [0.05, 0.1) is 13.4 Å². The Morgan fingerprint density at radius 3 is 3.06 bits per heavy atom. The van der Waals surface area contributed by atoms with Crippen LogP contribution in [0.15, 0.2) is 41.0 Å². The number of hydrogen-bond acceptors (Lipinski definition) is 4. The fourth-order valence-corrected chi connectivity index (χ4v) is 2.23. The molecule has 1 atom stereocenters. The highest BCUT2D eigenvalue weighted by atomic mass is 16.5. The number of benzene rings is 1. The van der Waals surface area contributed by atoms with Crippen LogP contribution in [0.5, 0.6) is 0 Å². The lowest BCUT2D eigenvalue weighted by atomic mass is 10.1. The smallest absolute Gasteiger partial charge is 0.328 e. The first-order valence-electron chi connectivity index (χ1n) is 5.79. The van der Waals surface area contributed by atoms with Crippen LogP contribution in [0.2, 0.25) is 0 Å². The van der Waals surface area contributed by atoms with Gasteiger partial charge in [0.2, 0.25) is 0 Å². The Bertz CT molecular complexity index is 575. The molecule has 0 saturated carbocycles. The Labute approximate surface area is 105 Å². The molecule has 0 aliphatic carbocycles. The van der Waals surface area contributed by atoms with E-state index in [9.17, 15) is 4.79 Å². The molecule has 1 aromatic carbocycles. The van der Waals surface area contributed by atoms with Gasteiger partial charge in [0, 0.05) is 17.7 Å². The van der Waals surface area contributed by atoms with E-state index in [4.69, 9.17) is 9.15 Å². The molecule has 0 saturated heterocycles. The maximum atomic E-state index is 11.5. The predicted octanol–water partition coefficient (Wildman–Crippen LogP) is 2.46. The van der Waals surface area contributed by atoms with Crippen molar-refractivity contribution in [2.45, 2.75) is 12.5 Å². The molecule has 0 spiro atoms. The van der Waals surface area contributed by atoms with Gasteiger partial charge in [-0.15, -0.1) is 0 Å². The van der Waals surface area contributed by atoms with Crippen molar-refractivity contribution in [1.29, 1.82) is 0 Å². The van der Waals surface area contributed by atoms with Crippen molar-refractivity contribution in [1.82, 2.24) is 0 Å². The second kappa shape index (κ2) is 4.22. The maximum absolute atomic E-state index is 11.5. The topological polar surface area (TPSA) is 51.5 Å². The Morgan fingerprint density at radius 1 is 1.44 bits per heavy atom. The van der Waals surface area contributed by atoms with E-state index in [0.717, 1.165) is 22.6 Å². The third-order valence-electron chi connectivity index (χ3n) is 3.16. The number of anilines is 1. The number of methoxy groups -OCH3 is 1. The van der Waals surface area contributed by atoms with Gasteiger partial charge in [-0.2, -0.15) is 0 Å². The molecule has 0 amide bonds. The van der Waals surface area contributed by atoms with Crippen molar-refractivity contribution in [2.24, 2.45) is 0 Å². The van der Waals surface area contributed by atoms with Crippen LogP contribution in [0.25, 0.3) is 11.3 Å². The van der Waals surface area contributed by atoms with Gasteiger partial charge in [0.1, 0.15) is 11.8 Å².